The minimum Gasteiger partial charge on any atom is -0.297 e. The molecule has 0 saturated heterocycles. The van der Waals surface area contributed by atoms with E-state index in [0.717, 1.165) is 19.0 Å². The maximum atomic E-state index is 12.6. The fourth-order valence-corrected chi connectivity index (χ4v) is 1.98. The van der Waals surface area contributed by atoms with Crippen molar-refractivity contribution in [1.29, 1.82) is 0 Å². The van der Waals surface area contributed by atoms with Gasteiger partial charge in [-0.15, -0.1) is 11.6 Å². The molecular weight excluding hydrogens is 275 g/mol. The quantitative estimate of drug-likeness (QED) is 0.696. The summed E-state index contributed by atoms with van der Waals surface area (Å²) in [6.07, 6.45) is -3.45. The lowest BCUT2D eigenvalue weighted by molar-refractivity contribution is -0.137. The van der Waals surface area contributed by atoms with Gasteiger partial charge >= 0.3 is 6.18 Å². The maximum absolute atomic E-state index is 12.6. The molecule has 1 nitrogen and oxygen atoms in total. The Balaban J connectivity index is 2.79. The van der Waals surface area contributed by atoms with E-state index in [9.17, 15) is 13.2 Å². The molecule has 1 rings (SSSR count). The molecule has 0 unspecified atom stereocenters. The zero-order chi connectivity index (χ0) is 14.5. The van der Waals surface area contributed by atoms with Crippen LogP contribution in [0.4, 0.5) is 13.2 Å². The van der Waals surface area contributed by atoms with E-state index in [2.05, 4.69) is 4.90 Å². The van der Waals surface area contributed by atoms with Crippen LogP contribution in [0, 0.1) is 0 Å². The van der Waals surface area contributed by atoms with Crippen LogP contribution in [-0.2, 0) is 12.7 Å². The molecule has 0 atom stereocenters. The lowest BCUT2D eigenvalue weighted by atomic mass is 10.1. The van der Waals surface area contributed by atoms with Gasteiger partial charge < -0.3 is 0 Å². The van der Waals surface area contributed by atoms with E-state index in [0.29, 0.717) is 18.0 Å². The van der Waals surface area contributed by atoms with Gasteiger partial charge in [-0.3, -0.25) is 4.90 Å². The van der Waals surface area contributed by atoms with Gasteiger partial charge in [0, 0.05) is 18.5 Å². The van der Waals surface area contributed by atoms with Crippen LogP contribution in [0.25, 0.3) is 0 Å². The second-order valence-corrected chi connectivity index (χ2v) is 5.18. The van der Waals surface area contributed by atoms with Crippen molar-refractivity contribution in [2.75, 3.05) is 12.4 Å². The first kappa shape index (κ1) is 16.3. The molecule has 0 aliphatic carbocycles. The number of rotatable bonds is 6. The fourth-order valence-electron chi connectivity index (χ4n) is 1.86. The molecule has 0 radical (unpaired) electrons. The lowest BCUT2D eigenvalue weighted by Crippen LogP contribution is -2.31. The zero-order valence-electron chi connectivity index (χ0n) is 11.2. The standard InChI is InChI=1S/C14H19ClF3N/c1-11(2)19(8-4-7-15)10-12-5-3-6-13(9-12)14(16,17)18/h3,5-6,9,11H,4,7-8,10H2,1-2H3. The zero-order valence-corrected chi connectivity index (χ0v) is 11.9. The van der Waals surface area contributed by atoms with E-state index < -0.39 is 11.7 Å². The summed E-state index contributed by atoms with van der Waals surface area (Å²) < 4.78 is 37.9. The number of nitrogens with zero attached hydrogens (tertiary/aromatic N) is 1. The van der Waals surface area contributed by atoms with Gasteiger partial charge in [-0.25, -0.2) is 0 Å². The first-order chi connectivity index (χ1) is 8.84. The van der Waals surface area contributed by atoms with E-state index >= 15 is 0 Å². The molecule has 0 heterocycles. The normalized spacial score (nSPS) is 12.4. The van der Waals surface area contributed by atoms with Crippen molar-refractivity contribution < 1.29 is 13.2 Å². The molecule has 0 amide bonds. The second kappa shape index (κ2) is 7.15. The number of benzene rings is 1. The van der Waals surface area contributed by atoms with E-state index in [1.54, 1.807) is 6.07 Å². The smallest absolute Gasteiger partial charge is 0.297 e. The van der Waals surface area contributed by atoms with Crippen LogP contribution < -0.4 is 0 Å². The van der Waals surface area contributed by atoms with E-state index in [-0.39, 0.29) is 6.04 Å². The predicted octanol–water partition coefficient (Wildman–Crippen LogP) is 4.54. The summed E-state index contributed by atoms with van der Waals surface area (Å²) in [4.78, 5) is 2.12. The Morgan fingerprint density at radius 3 is 2.47 bits per heavy atom. The highest BCUT2D eigenvalue weighted by Crippen LogP contribution is 2.29. The van der Waals surface area contributed by atoms with Gasteiger partial charge in [0.25, 0.3) is 0 Å². The van der Waals surface area contributed by atoms with Crippen molar-refractivity contribution in [3.63, 3.8) is 0 Å². The van der Waals surface area contributed by atoms with Gasteiger partial charge in [0.15, 0.2) is 0 Å². The minimum absolute atomic E-state index is 0.276. The number of hydrogen-bond donors (Lipinski definition) is 0. The first-order valence-electron chi connectivity index (χ1n) is 6.30. The Morgan fingerprint density at radius 1 is 1.26 bits per heavy atom. The summed E-state index contributed by atoms with van der Waals surface area (Å²) in [6, 6.07) is 5.78. The van der Waals surface area contributed by atoms with Crippen LogP contribution in [0.5, 0.6) is 0 Å². The van der Waals surface area contributed by atoms with E-state index in [4.69, 9.17) is 11.6 Å². The molecule has 108 valence electrons. The summed E-state index contributed by atoms with van der Waals surface area (Å²) in [7, 11) is 0. The van der Waals surface area contributed by atoms with Gasteiger partial charge in [0.05, 0.1) is 5.56 Å². The Bertz CT molecular complexity index is 391. The highest BCUT2D eigenvalue weighted by Gasteiger charge is 2.30. The van der Waals surface area contributed by atoms with Crippen LogP contribution in [0.2, 0.25) is 0 Å². The molecule has 0 fully saturated rings. The number of halogens is 4. The van der Waals surface area contributed by atoms with Gasteiger partial charge in [-0.1, -0.05) is 18.2 Å². The van der Waals surface area contributed by atoms with Crippen LogP contribution >= 0.6 is 11.6 Å². The van der Waals surface area contributed by atoms with Crippen LogP contribution in [0.15, 0.2) is 24.3 Å². The Kier molecular flexibility index (Phi) is 6.14. The van der Waals surface area contributed by atoms with Crippen LogP contribution in [-0.4, -0.2) is 23.4 Å². The Labute approximate surface area is 117 Å². The molecule has 0 aromatic heterocycles. The van der Waals surface area contributed by atoms with Crippen molar-refractivity contribution in [3.8, 4) is 0 Å². The SMILES string of the molecule is CC(C)N(CCCCl)Cc1cccc(C(F)(F)F)c1. The molecular formula is C14H19ClF3N. The highest BCUT2D eigenvalue weighted by atomic mass is 35.5. The lowest BCUT2D eigenvalue weighted by Gasteiger charge is -2.26. The minimum atomic E-state index is -4.28. The molecule has 0 aliphatic rings. The predicted molar refractivity (Wildman–Crippen MR) is 72.3 cm³/mol. The summed E-state index contributed by atoms with van der Waals surface area (Å²) in [6.45, 7) is 5.36. The van der Waals surface area contributed by atoms with Gasteiger partial charge in [0.1, 0.15) is 0 Å². The Hall–Kier alpha value is -0.740. The van der Waals surface area contributed by atoms with Crippen molar-refractivity contribution in [1.82, 2.24) is 4.90 Å². The van der Waals surface area contributed by atoms with Crippen molar-refractivity contribution in [2.24, 2.45) is 0 Å². The molecule has 0 N–H and O–H groups in total. The third kappa shape index (κ3) is 5.41. The highest BCUT2D eigenvalue weighted by molar-refractivity contribution is 6.17. The number of hydrogen-bond acceptors (Lipinski definition) is 1. The summed E-state index contributed by atoms with van der Waals surface area (Å²) in [5, 5.41) is 0. The first-order valence-corrected chi connectivity index (χ1v) is 6.84. The molecule has 19 heavy (non-hydrogen) atoms. The summed E-state index contributed by atoms with van der Waals surface area (Å²) >= 11 is 5.66. The topological polar surface area (TPSA) is 3.24 Å². The third-order valence-corrected chi connectivity index (χ3v) is 3.22. The third-order valence-electron chi connectivity index (χ3n) is 2.95. The molecule has 0 bridgehead atoms. The average molecular weight is 294 g/mol. The average Bonchev–Trinajstić information content (AvgIpc) is 2.33. The molecule has 1 aromatic rings. The van der Waals surface area contributed by atoms with Gasteiger partial charge in [-0.2, -0.15) is 13.2 Å². The van der Waals surface area contributed by atoms with E-state index in [1.165, 1.54) is 12.1 Å². The van der Waals surface area contributed by atoms with E-state index in [1.807, 2.05) is 13.8 Å². The monoisotopic (exact) mass is 293 g/mol. The van der Waals surface area contributed by atoms with Crippen LogP contribution in [0.1, 0.15) is 31.4 Å². The fraction of sp³-hybridized carbons (Fsp3) is 0.571. The van der Waals surface area contributed by atoms with Crippen LogP contribution in [0.3, 0.4) is 0 Å². The molecule has 0 spiro atoms. The molecule has 0 saturated carbocycles. The summed E-state index contributed by atoms with van der Waals surface area (Å²) in [5.74, 6) is 0.561. The molecule has 5 heteroatoms. The summed E-state index contributed by atoms with van der Waals surface area (Å²) in [5.41, 5.74) is 0.0872. The second-order valence-electron chi connectivity index (χ2n) is 4.80. The molecule has 1 aromatic carbocycles. The maximum Gasteiger partial charge on any atom is 0.416 e. The number of alkyl halides is 4. The van der Waals surface area contributed by atoms with Gasteiger partial charge in [-0.05, 0) is 38.4 Å². The Morgan fingerprint density at radius 2 is 1.95 bits per heavy atom. The van der Waals surface area contributed by atoms with Crippen molar-refractivity contribution in [3.05, 3.63) is 35.4 Å². The van der Waals surface area contributed by atoms with Crippen molar-refractivity contribution >= 4 is 11.6 Å². The molecule has 0 aliphatic heterocycles. The van der Waals surface area contributed by atoms with Crippen molar-refractivity contribution in [2.45, 2.75) is 39.0 Å². The largest absolute Gasteiger partial charge is 0.416 e. The van der Waals surface area contributed by atoms with Gasteiger partial charge in [0.2, 0.25) is 0 Å².